The van der Waals surface area contributed by atoms with E-state index in [2.05, 4.69) is 5.32 Å². The van der Waals surface area contributed by atoms with E-state index in [-0.39, 0.29) is 5.91 Å². The first kappa shape index (κ1) is 14.4. The van der Waals surface area contributed by atoms with Gasteiger partial charge in [0.15, 0.2) is 0 Å². The lowest BCUT2D eigenvalue weighted by molar-refractivity contribution is -0.128. The minimum Gasteiger partial charge on any atom is -0.379 e. The molecule has 1 atom stereocenters. The van der Waals surface area contributed by atoms with Crippen LogP contribution in [0.5, 0.6) is 0 Å². The topological polar surface area (TPSA) is 73.6 Å². The van der Waals surface area contributed by atoms with Crippen LogP contribution in [0.15, 0.2) is 0 Å². The van der Waals surface area contributed by atoms with Gasteiger partial charge in [0.25, 0.3) is 0 Å². The average molecular weight is 244 g/mol. The van der Waals surface area contributed by atoms with Crippen LogP contribution in [0.3, 0.4) is 0 Å². The lowest BCUT2D eigenvalue weighted by Gasteiger charge is -2.31. The summed E-state index contributed by atoms with van der Waals surface area (Å²) in [5, 5.41) is 3.21. The van der Waals surface area contributed by atoms with Crippen molar-refractivity contribution in [3.05, 3.63) is 0 Å². The molecule has 0 aliphatic heterocycles. The van der Waals surface area contributed by atoms with Crippen LogP contribution in [0.1, 0.15) is 26.7 Å². The summed E-state index contributed by atoms with van der Waals surface area (Å²) in [5.41, 5.74) is 4.85. The van der Waals surface area contributed by atoms with Gasteiger partial charge in [0, 0.05) is 6.61 Å². The van der Waals surface area contributed by atoms with Crippen LogP contribution in [0.4, 0.5) is 0 Å². The van der Waals surface area contributed by atoms with Crippen LogP contribution >= 0.6 is 0 Å². The smallest absolute Gasteiger partial charge is 0.240 e. The van der Waals surface area contributed by atoms with Crippen LogP contribution in [0.25, 0.3) is 0 Å². The number of ether oxygens (including phenoxy) is 2. The van der Waals surface area contributed by atoms with E-state index in [1.54, 1.807) is 0 Å². The molecule has 0 saturated heterocycles. The van der Waals surface area contributed by atoms with Crippen molar-refractivity contribution in [3.8, 4) is 0 Å². The highest BCUT2D eigenvalue weighted by Gasteiger charge is 2.49. The molecule has 5 heteroatoms. The third kappa shape index (κ3) is 3.94. The quantitative estimate of drug-likeness (QED) is 0.541. The number of amides is 1. The molecule has 1 saturated carbocycles. The molecule has 1 aliphatic rings. The fraction of sp³-hybridized carbons (Fsp3) is 0.917. The first-order valence-corrected chi connectivity index (χ1v) is 6.37. The van der Waals surface area contributed by atoms with Gasteiger partial charge in [-0.05, 0) is 32.2 Å². The van der Waals surface area contributed by atoms with Crippen LogP contribution in [-0.2, 0) is 14.3 Å². The second kappa shape index (κ2) is 6.93. The van der Waals surface area contributed by atoms with Gasteiger partial charge in [0.2, 0.25) is 5.91 Å². The number of primary amides is 1. The summed E-state index contributed by atoms with van der Waals surface area (Å²) in [4.78, 5) is 11.7. The van der Waals surface area contributed by atoms with Gasteiger partial charge < -0.3 is 20.5 Å². The summed E-state index contributed by atoms with van der Waals surface area (Å²) in [6, 6.07) is 0. The van der Waals surface area contributed by atoms with E-state index < -0.39 is 5.54 Å². The van der Waals surface area contributed by atoms with Crippen molar-refractivity contribution >= 4 is 5.91 Å². The Hall–Kier alpha value is -0.650. The van der Waals surface area contributed by atoms with E-state index in [0.29, 0.717) is 38.9 Å². The number of nitrogens with two attached hydrogens (primary N) is 1. The minimum absolute atomic E-state index is 0.307. The van der Waals surface area contributed by atoms with Gasteiger partial charge in [-0.3, -0.25) is 4.79 Å². The summed E-state index contributed by atoms with van der Waals surface area (Å²) in [7, 11) is 0. The first-order chi connectivity index (χ1) is 8.17. The van der Waals surface area contributed by atoms with E-state index in [4.69, 9.17) is 15.2 Å². The Morgan fingerprint density at radius 3 is 2.47 bits per heavy atom. The summed E-state index contributed by atoms with van der Waals surface area (Å²) >= 11 is 0. The molecule has 1 fully saturated rings. The number of hydrogen-bond acceptors (Lipinski definition) is 4. The molecule has 0 aromatic heterocycles. The van der Waals surface area contributed by atoms with Crippen molar-refractivity contribution in [1.29, 1.82) is 0 Å². The average Bonchev–Trinajstić information content (AvgIpc) is 3.11. The van der Waals surface area contributed by atoms with Crippen molar-refractivity contribution in [1.82, 2.24) is 5.32 Å². The predicted molar refractivity (Wildman–Crippen MR) is 65.6 cm³/mol. The number of carbonyl (C=O) groups is 1. The normalized spacial score (nSPS) is 18.9. The highest BCUT2D eigenvalue weighted by Crippen LogP contribution is 2.39. The third-order valence-corrected chi connectivity index (χ3v) is 3.11. The number of hydrogen-bond donors (Lipinski definition) is 2. The van der Waals surface area contributed by atoms with Gasteiger partial charge in [-0.15, -0.1) is 0 Å². The maximum Gasteiger partial charge on any atom is 0.240 e. The van der Waals surface area contributed by atoms with Crippen molar-refractivity contribution < 1.29 is 14.3 Å². The van der Waals surface area contributed by atoms with Crippen molar-refractivity contribution in [3.63, 3.8) is 0 Å². The van der Waals surface area contributed by atoms with Crippen LogP contribution in [0, 0.1) is 5.92 Å². The SMILES string of the molecule is CCNC(COCCOCC)(C(N)=O)C1CC1. The fourth-order valence-electron chi connectivity index (χ4n) is 2.06. The summed E-state index contributed by atoms with van der Waals surface area (Å²) in [6.07, 6.45) is 2.09. The zero-order valence-corrected chi connectivity index (χ0v) is 10.8. The molecule has 0 spiro atoms. The minimum atomic E-state index is -0.680. The number of likely N-dealkylation sites (N-methyl/N-ethyl adjacent to an activating group) is 1. The van der Waals surface area contributed by atoms with Crippen molar-refractivity contribution in [2.24, 2.45) is 11.7 Å². The Labute approximate surface area is 103 Å². The molecule has 1 rings (SSSR count). The first-order valence-electron chi connectivity index (χ1n) is 6.37. The molecule has 1 aliphatic carbocycles. The molecular formula is C12H24N2O3. The second-order valence-electron chi connectivity index (χ2n) is 4.39. The lowest BCUT2D eigenvalue weighted by atomic mass is 9.93. The molecule has 0 aromatic carbocycles. The highest BCUT2D eigenvalue weighted by molar-refractivity contribution is 5.85. The second-order valence-corrected chi connectivity index (χ2v) is 4.39. The van der Waals surface area contributed by atoms with E-state index in [0.717, 1.165) is 12.8 Å². The predicted octanol–water partition coefficient (Wildman–Crippen LogP) is 0.283. The molecule has 0 aromatic rings. The molecule has 5 nitrogen and oxygen atoms in total. The van der Waals surface area contributed by atoms with E-state index in [9.17, 15) is 4.79 Å². The number of nitrogens with one attached hydrogen (secondary N) is 1. The van der Waals surface area contributed by atoms with Gasteiger partial charge in [-0.2, -0.15) is 0 Å². The Bertz CT molecular complexity index is 244. The number of rotatable bonds is 10. The summed E-state index contributed by atoms with van der Waals surface area (Å²) < 4.78 is 10.7. The zero-order valence-electron chi connectivity index (χ0n) is 10.8. The maximum absolute atomic E-state index is 11.7. The molecule has 100 valence electrons. The fourth-order valence-corrected chi connectivity index (χ4v) is 2.06. The summed E-state index contributed by atoms with van der Waals surface area (Å²) in [6.45, 7) is 6.71. The standard InChI is InChI=1S/C12H24N2O3/c1-3-14-12(11(13)15,10-5-6-10)9-17-8-7-16-4-2/h10,14H,3-9H2,1-2H3,(H2,13,15). The lowest BCUT2D eigenvalue weighted by Crippen LogP contribution is -2.60. The molecule has 1 unspecified atom stereocenters. The highest BCUT2D eigenvalue weighted by atomic mass is 16.5. The maximum atomic E-state index is 11.7. The van der Waals surface area contributed by atoms with Gasteiger partial charge in [-0.25, -0.2) is 0 Å². The van der Waals surface area contributed by atoms with Crippen LogP contribution in [-0.4, -0.2) is 44.4 Å². The molecule has 1 amide bonds. The van der Waals surface area contributed by atoms with Crippen LogP contribution in [0.2, 0.25) is 0 Å². The van der Waals surface area contributed by atoms with Gasteiger partial charge in [-0.1, -0.05) is 6.92 Å². The van der Waals surface area contributed by atoms with Crippen molar-refractivity contribution in [2.45, 2.75) is 32.2 Å². The van der Waals surface area contributed by atoms with E-state index in [1.807, 2.05) is 13.8 Å². The third-order valence-electron chi connectivity index (χ3n) is 3.11. The Balaban J connectivity index is 2.42. The number of carbonyl (C=O) groups excluding carboxylic acids is 1. The van der Waals surface area contributed by atoms with Crippen LogP contribution < -0.4 is 11.1 Å². The monoisotopic (exact) mass is 244 g/mol. The van der Waals surface area contributed by atoms with Gasteiger partial charge >= 0.3 is 0 Å². The molecule has 17 heavy (non-hydrogen) atoms. The molecule has 0 radical (unpaired) electrons. The van der Waals surface area contributed by atoms with Gasteiger partial charge in [0.05, 0.1) is 19.8 Å². The largest absolute Gasteiger partial charge is 0.379 e. The molecule has 0 bridgehead atoms. The Morgan fingerprint density at radius 2 is 2.00 bits per heavy atom. The van der Waals surface area contributed by atoms with E-state index in [1.165, 1.54) is 0 Å². The summed E-state index contributed by atoms with van der Waals surface area (Å²) in [5.74, 6) is 0.0188. The molecule has 3 N–H and O–H groups in total. The molecular weight excluding hydrogens is 220 g/mol. The Morgan fingerprint density at radius 1 is 1.35 bits per heavy atom. The van der Waals surface area contributed by atoms with Gasteiger partial charge in [0.1, 0.15) is 5.54 Å². The molecule has 0 heterocycles. The zero-order chi connectivity index (χ0) is 12.7. The van der Waals surface area contributed by atoms with Crippen molar-refractivity contribution in [2.75, 3.05) is 33.0 Å². The Kier molecular flexibility index (Phi) is 5.88. The van der Waals surface area contributed by atoms with E-state index >= 15 is 0 Å².